The maximum Gasteiger partial charge on any atom is 0.285 e. The molecule has 5 nitrogen and oxygen atoms in total. The van der Waals surface area contributed by atoms with Gasteiger partial charge in [-0.15, -0.1) is 0 Å². The third kappa shape index (κ3) is 2.73. The third-order valence-corrected chi connectivity index (χ3v) is 3.81. The van der Waals surface area contributed by atoms with Gasteiger partial charge >= 0.3 is 0 Å². The summed E-state index contributed by atoms with van der Waals surface area (Å²) in [4.78, 5) is 17.6. The Morgan fingerprint density at radius 2 is 2.05 bits per heavy atom. The summed E-state index contributed by atoms with van der Waals surface area (Å²) < 4.78 is 28.0. The van der Waals surface area contributed by atoms with Crippen LogP contribution in [0.3, 0.4) is 0 Å². The van der Waals surface area contributed by atoms with Gasteiger partial charge in [-0.1, -0.05) is 6.07 Å². The number of fused-ring (bicyclic) bond motifs is 1. The minimum atomic E-state index is -2.56. The largest absolute Gasteiger partial charge is 0.363 e. The van der Waals surface area contributed by atoms with Gasteiger partial charge in [0.15, 0.2) is 0 Å². The lowest BCUT2D eigenvalue weighted by atomic mass is 10.1. The first-order chi connectivity index (χ1) is 9.96. The van der Waals surface area contributed by atoms with Crippen LogP contribution in [0.1, 0.15) is 29.2 Å². The van der Waals surface area contributed by atoms with Crippen LogP contribution < -0.4 is 5.73 Å². The topological polar surface area (TPSA) is 63.6 Å². The van der Waals surface area contributed by atoms with Gasteiger partial charge in [-0.05, 0) is 12.1 Å². The minimum absolute atomic E-state index is 0.137. The zero-order valence-electron chi connectivity index (χ0n) is 11.4. The van der Waals surface area contributed by atoms with Crippen LogP contribution in [-0.2, 0) is 6.54 Å². The zero-order chi connectivity index (χ0) is 15.0. The van der Waals surface area contributed by atoms with Gasteiger partial charge in [0.1, 0.15) is 0 Å². The SMILES string of the molecule is NC(=O)c1nc(CN2CCC(F)(F)CC2)c2ccccn12. The number of pyridine rings is 1. The van der Waals surface area contributed by atoms with E-state index in [0.717, 1.165) is 5.52 Å². The van der Waals surface area contributed by atoms with Gasteiger partial charge in [-0.25, -0.2) is 13.8 Å². The number of nitrogens with two attached hydrogens (primary N) is 1. The van der Waals surface area contributed by atoms with Crippen molar-refractivity contribution < 1.29 is 13.6 Å². The van der Waals surface area contributed by atoms with Gasteiger partial charge in [0.05, 0.1) is 11.2 Å². The number of halogens is 2. The predicted molar refractivity (Wildman–Crippen MR) is 73.2 cm³/mol. The number of alkyl halides is 2. The number of aromatic nitrogens is 2. The Kier molecular flexibility index (Phi) is 3.36. The van der Waals surface area contributed by atoms with E-state index in [1.807, 2.05) is 17.0 Å². The second-order valence-electron chi connectivity index (χ2n) is 5.33. The van der Waals surface area contributed by atoms with Crippen LogP contribution in [0.2, 0.25) is 0 Å². The molecule has 1 amide bonds. The van der Waals surface area contributed by atoms with Crippen molar-refractivity contribution >= 4 is 11.4 Å². The number of imidazole rings is 1. The van der Waals surface area contributed by atoms with Crippen LogP contribution >= 0.6 is 0 Å². The zero-order valence-corrected chi connectivity index (χ0v) is 11.4. The molecule has 0 atom stereocenters. The molecule has 0 spiro atoms. The summed E-state index contributed by atoms with van der Waals surface area (Å²) in [5.74, 6) is -3.00. The van der Waals surface area contributed by atoms with E-state index in [1.165, 1.54) is 0 Å². The molecule has 1 saturated heterocycles. The summed E-state index contributed by atoms with van der Waals surface area (Å²) >= 11 is 0. The molecule has 3 rings (SSSR count). The van der Waals surface area contributed by atoms with E-state index in [9.17, 15) is 13.6 Å². The fourth-order valence-electron chi connectivity index (χ4n) is 2.64. The van der Waals surface area contributed by atoms with Crippen molar-refractivity contribution in [1.82, 2.24) is 14.3 Å². The molecular formula is C14H16F2N4O. The number of primary amides is 1. The van der Waals surface area contributed by atoms with Crippen molar-refractivity contribution in [2.24, 2.45) is 5.73 Å². The quantitative estimate of drug-likeness (QED) is 0.936. The van der Waals surface area contributed by atoms with E-state index in [1.54, 1.807) is 16.7 Å². The summed E-state index contributed by atoms with van der Waals surface area (Å²) in [6.45, 7) is 1.09. The molecule has 0 unspecified atom stereocenters. The lowest BCUT2D eigenvalue weighted by Gasteiger charge is -2.31. The second-order valence-corrected chi connectivity index (χ2v) is 5.33. The standard InChI is InChI=1S/C14H16F2N4O/c15-14(16)4-7-19(8-5-14)9-10-11-3-1-2-6-20(11)13(18-10)12(17)21/h1-3,6H,4-5,7-9H2,(H2,17,21). The van der Waals surface area contributed by atoms with Crippen LogP contribution in [0.4, 0.5) is 8.78 Å². The highest BCUT2D eigenvalue weighted by atomic mass is 19.3. The number of hydrogen-bond donors (Lipinski definition) is 1. The molecule has 2 aromatic rings. The summed E-state index contributed by atoms with van der Waals surface area (Å²) in [6.07, 6.45) is 1.44. The number of rotatable bonds is 3. The monoisotopic (exact) mass is 294 g/mol. The molecule has 7 heteroatoms. The van der Waals surface area contributed by atoms with Crippen LogP contribution in [0.25, 0.3) is 5.52 Å². The molecule has 21 heavy (non-hydrogen) atoms. The highest BCUT2D eigenvalue weighted by Crippen LogP contribution is 2.28. The molecule has 0 aromatic carbocycles. The van der Waals surface area contributed by atoms with Gasteiger partial charge in [0.2, 0.25) is 5.82 Å². The van der Waals surface area contributed by atoms with Crippen LogP contribution in [0.15, 0.2) is 24.4 Å². The summed E-state index contributed by atoms with van der Waals surface area (Å²) in [5, 5.41) is 0. The first kappa shape index (κ1) is 13.9. The molecule has 2 N–H and O–H groups in total. The molecule has 0 radical (unpaired) electrons. The molecule has 0 aliphatic carbocycles. The van der Waals surface area contributed by atoms with Crippen molar-refractivity contribution in [3.8, 4) is 0 Å². The van der Waals surface area contributed by atoms with Gasteiger partial charge in [0.25, 0.3) is 11.8 Å². The van der Waals surface area contributed by atoms with E-state index in [0.29, 0.717) is 25.3 Å². The molecule has 1 aliphatic rings. The highest BCUT2D eigenvalue weighted by Gasteiger charge is 2.34. The fourth-order valence-corrected chi connectivity index (χ4v) is 2.64. The van der Waals surface area contributed by atoms with Crippen LogP contribution in [0.5, 0.6) is 0 Å². The van der Waals surface area contributed by atoms with Crippen molar-refractivity contribution in [2.75, 3.05) is 13.1 Å². The smallest absolute Gasteiger partial charge is 0.285 e. The number of carbonyl (C=O) groups is 1. The van der Waals surface area contributed by atoms with Gasteiger partial charge in [-0.2, -0.15) is 0 Å². The number of carbonyl (C=O) groups excluding carboxylic acids is 1. The number of piperidine rings is 1. The van der Waals surface area contributed by atoms with Crippen molar-refractivity contribution in [2.45, 2.75) is 25.3 Å². The molecule has 3 heterocycles. The summed E-state index contributed by atoms with van der Waals surface area (Å²) in [7, 11) is 0. The van der Waals surface area contributed by atoms with Crippen molar-refractivity contribution in [3.05, 3.63) is 35.9 Å². The number of likely N-dealkylation sites (tertiary alicyclic amines) is 1. The van der Waals surface area contributed by atoms with Crippen LogP contribution in [-0.4, -0.2) is 39.2 Å². The Labute approximate surface area is 120 Å². The molecule has 2 aromatic heterocycles. The van der Waals surface area contributed by atoms with E-state index >= 15 is 0 Å². The Hall–Kier alpha value is -2.02. The second kappa shape index (κ2) is 5.07. The van der Waals surface area contributed by atoms with Gasteiger partial charge < -0.3 is 5.73 Å². The van der Waals surface area contributed by atoms with E-state index in [4.69, 9.17) is 5.73 Å². The van der Waals surface area contributed by atoms with Gasteiger partial charge in [0, 0.05) is 38.7 Å². The van der Waals surface area contributed by atoms with Gasteiger partial charge in [-0.3, -0.25) is 14.1 Å². The molecule has 0 bridgehead atoms. The average molecular weight is 294 g/mol. The summed E-state index contributed by atoms with van der Waals surface area (Å²) in [5.41, 5.74) is 6.80. The van der Waals surface area contributed by atoms with E-state index < -0.39 is 11.8 Å². The van der Waals surface area contributed by atoms with Crippen molar-refractivity contribution in [1.29, 1.82) is 0 Å². The lowest BCUT2D eigenvalue weighted by Crippen LogP contribution is -2.38. The third-order valence-electron chi connectivity index (χ3n) is 3.81. The predicted octanol–water partition coefficient (Wildman–Crippen LogP) is 1.66. The molecular weight excluding hydrogens is 278 g/mol. The average Bonchev–Trinajstić information content (AvgIpc) is 2.81. The normalized spacial score (nSPS) is 19.0. The van der Waals surface area contributed by atoms with E-state index in [-0.39, 0.29) is 18.7 Å². The minimum Gasteiger partial charge on any atom is -0.363 e. The maximum absolute atomic E-state index is 13.2. The van der Waals surface area contributed by atoms with E-state index in [2.05, 4.69) is 4.98 Å². The number of hydrogen-bond acceptors (Lipinski definition) is 3. The first-order valence-corrected chi connectivity index (χ1v) is 6.82. The molecule has 1 aliphatic heterocycles. The Morgan fingerprint density at radius 1 is 1.33 bits per heavy atom. The summed E-state index contributed by atoms with van der Waals surface area (Å²) in [6, 6.07) is 5.47. The molecule has 0 saturated carbocycles. The molecule has 1 fully saturated rings. The molecule has 112 valence electrons. The van der Waals surface area contributed by atoms with Crippen LogP contribution in [0, 0.1) is 0 Å². The maximum atomic E-state index is 13.2. The van der Waals surface area contributed by atoms with Crippen molar-refractivity contribution in [3.63, 3.8) is 0 Å². The lowest BCUT2D eigenvalue weighted by molar-refractivity contribution is -0.0567. The Morgan fingerprint density at radius 3 is 2.71 bits per heavy atom. The Balaban J connectivity index is 1.86. The highest BCUT2D eigenvalue weighted by molar-refractivity contribution is 5.90. The Bertz CT molecular complexity index is 673. The fraction of sp³-hybridized carbons (Fsp3) is 0.429. The first-order valence-electron chi connectivity index (χ1n) is 6.82. The number of nitrogens with zero attached hydrogens (tertiary/aromatic N) is 3. The number of amides is 1.